The van der Waals surface area contributed by atoms with Crippen LogP contribution in [-0.2, 0) is 11.2 Å². The number of benzene rings is 2. The molecule has 8 heteroatoms. The number of carboxylic acid groups (broad SMARTS) is 2. The maximum absolute atomic E-state index is 12.4. The van der Waals surface area contributed by atoms with E-state index in [-0.39, 0.29) is 24.7 Å². The molecule has 0 spiro atoms. The minimum atomic E-state index is -1.17. The first kappa shape index (κ1) is 20.5. The molecule has 1 amide bonds. The molecule has 8 nitrogen and oxygen atoms in total. The van der Waals surface area contributed by atoms with Crippen molar-refractivity contribution in [2.75, 3.05) is 13.1 Å². The Hall–Kier alpha value is -3.26. The van der Waals surface area contributed by atoms with Crippen LogP contribution in [0, 0.1) is 16.0 Å². The monoisotopic (exact) mass is 399 g/mol. The van der Waals surface area contributed by atoms with E-state index in [1.807, 2.05) is 31.2 Å². The molecule has 0 radical (unpaired) electrons. The highest BCUT2D eigenvalue weighted by Crippen LogP contribution is 2.39. The van der Waals surface area contributed by atoms with Gasteiger partial charge in [-0.2, -0.15) is 9.28 Å². The Morgan fingerprint density at radius 2 is 1.69 bits per heavy atom. The predicted molar refractivity (Wildman–Crippen MR) is 107 cm³/mol. The third-order valence-electron chi connectivity index (χ3n) is 5.76. The van der Waals surface area contributed by atoms with Gasteiger partial charge in [-0.25, -0.2) is 0 Å². The van der Waals surface area contributed by atoms with Crippen molar-refractivity contribution in [3.05, 3.63) is 69.8 Å². The first-order valence-corrected chi connectivity index (χ1v) is 9.44. The zero-order valence-electron chi connectivity index (χ0n) is 16.0. The summed E-state index contributed by atoms with van der Waals surface area (Å²) in [6.07, 6.45) is 0.0572. The van der Waals surface area contributed by atoms with Gasteiger partial charge in [0.2, 0.25) is 0 Å². The number of likely N-dealkylation sites (tertiary alicyclic amines) is 1. The van der Waals surface area contributed by atoms with Gasteiger partial charge in [-0.15, -0.1) is 0 Å². The molecule has 3 rings (SSSR count). The normalized spacial score (nSPS) is 24.0. The fourth-order valence-electron chi connectivity index (χ4n) is 4.10. The Kier molecular flexibility index (Phi) is 5.65. The maximum Gasteiger partial charge on any atom is 0.518 e. The second kappa shape index (κ2) is 8.00. The van der Waals surface area contributed by atoms with Gasteiger partial charge in [0, 0.05) is 30.2 Å². The van der Waals surface area contributed by atoms with Crippen molar-refractivity contribution in [1.82, 2.24) is 4.48 Å². The predicted octanol–water partition coefficient (Wildman–Crippen LogP) is 4.03. The molecule has 1 saturated heterocycles. The summed E-state index contributed by atoms with van der Waals surface area (Å²) in [6.45, 7) is 2.12. The highest BCUT2D eigenvalue weighted by atomic mass is 16.6. The van der Waals surface area contributed by atoms with Crippen LogP contribution >= 0.6 is 0 Å². The lowest BCUT2D eigenvalue weighted by atomic mass is 9.82. The molecule has 3 atom stereocenters. The van der Waals surface area contributed by atoms with Gasteiger partial charge in [0.05, 0.1) is 4.92 Å². The van der Waals surface area contributed by atoms with Crippen LogP contribution in [0.25, 0.3) is 0 Å². The summed E-state index contributed by atoms with van der Waals surface area (Å²) in [4.78, 5) is 34.6. The second-order valence-electron chi connectivity index (χ2n) is 7.45. The Morgan fingerprint density at radius 3 is 2.17 bits per heavy atom. The van der Waals surface area contributed by atoms with E-state index < -0.39 is 27.4 Å². The lowest BCUT2D eigenvalue weighted by molar-refractivity contribution is -0.384. The van der Waals surface area contributed by atoms with Crippen molar-refractivity contribution in [1.29, 1.82) is 0 Å². The third kappa shape index (κ3) is 3.97. The number of piperidine rings is 1. The zero-order chi connectivity index (χ0) is 21.2. The van der Waals surface area contributed by atoms with Gasteiger partial charge >= 0.3 is 12.1 Å². The van der Waals surface area contributed by atoms with Crippen molar-refractivity contribution >= 4 is 23.4 Å². The summed E-state index contributed by atoms with van der Waals surface area (Å²) in [7, 11) is 0. The molecule has 0 aromatic heterocycles. The molecular weight excluding hydrogens is 376 g/mol. The molecule has 1 aliphatic heterocycles. The smallest absolute Gasteiger partial charge is 0.481 e. The van der Waals surface area contributed by atoms with Gasteiger partial charge in [-0.3, -0.25) is 14.9 Å². The van der Waals surface area contributed by atoms with E-state index >= 15 is 0 Å². The van der Waals surface area contributed by atoms with Crippen LogP contribution in [0.5, 0.6) is 0 Å². The Balaban J connectivity index is 2.04. The summed E-state index contributed by atoms with van der Waals surface area (Å²) in [5, 5.41) is 30.7. The molecule has 2 N–H and O–H groups in total. The summed E-state index contributed by atoms with van der Waals surface area (Å²) in [5.41, 5.74) is 2.24. The lowest BCUT2D eigenvalue weighted by Crippen LogP contribution is -2.61. The van der Waals surface area contributed by atoms with Gasteiger partial charge in [-0.1, -0.05) is 31.2 Å². The van der Waals surface area contributed by atoms with Crippen molar-refractivity contribution in [3.63, 3.8) is 0 Å². The highest BCUT2D eigenvalue weighted by molar-refractivity contribution is 5.83. The van der Waals surface area contributed by atoms with Crippen LogP contribution in [0.4, 0.5) is 16.2 Å². The number of non-ortho nitro benzene ring substituents is 1. The number of nitrogens with zero attached hydrogens (tertiary/aromatic N) is 2. The SMILES string of the molecule is CCc1ccc(C2CC(C(=O)O)C[N+](C(=O)O)(c3ccc([N+](=O)[O-])cc3)C2)cc1. The van der Waals surface area contributed by atoms with Gasteiger partial charge in [-0.05, 0) is 24.0 Å². The van der Waals surface area contributed by atoms with Crippen molar-refractivity contribution < 1.29 is 24.7 Å². The Labute approximate surface area is 167 Å². The van der Waals surface area contributed by atoms with Crippen molar-refractivity contribution in [2.24, 2.45) is 5.92 Å². The van der Waals surface area contributed by atoms with Crippen LogP contribution in [-0.4, -0.2) is 40.3 Å². The van der Waals surface area contributed by atoms with Crippen molar-refractivity contribution in [2.45, 2.75) is 25.7 Å². The number of carbonyl (C=O) groups is 2. The maximum atomic E-state index is 12.4. The third-order valence-corrected chi connectivity index (χ3v) is 5.76. The van der Waals surface area contributed by atoms with Gasteiger partial charge in [0.25, 0.3) is 5.69 Å². The number of rotatable bonds is 5. The number of hydrogen-bond acceptors (Lipinski definition) is 4. The number of aliphatic carboxylic acids is 1. The molecule has 0 saturated carbocycles. The van der Waals surface area contributed by atoms with Gasteiger partial charge < -0.3 is 10.2 Å². The molecule has 1 aliphatic rings. The van der Waals surface area contributed by atoms with Crippen LogP contribution in [0.15, 0.2) is 48.5 Å². The lowest BCUT2D eigenvalue weighted by Gasteiger charge is -2.41. The fraction of sp³-hybridized carbons (Fsp3) is 0.333. The van der Waals surface area contributed by atoms with E-state index in [1.54, 1.807) is 0 Å². The molecule has 0 bridgehead atoms. The quantitative estimate of drug-likeness (QED) is 0.445. The number of quaternary nitrogens is 1. The largest absolute Gasteiger partial charge is 0.518 e. The fourth-order valence-corrected chi connectivity index (χ4v) is 4.10. The molecule has 1 heterocycles. The van der Waals surface area contributed by atoms with Crippen LogP contribution in [0.1, 0.15) is 30.4 Å². The van der Waals surface area contributed by atoms with Crippen LogP contribution < -0.4 is 4.48 Å². The van der Waals surface area contributed by atoms with Crippen molar-refractivity contribution in [3.8, 4) is 0 Å². The minimum absolute atomic E-state index is 0.105. The van der Waals surface area contributed by atoms with Crippen LogP contribution in [0.2, 0.25) is 0 Å². The summed E-state index contributed by atoms with van der Waals surface area (Å²) < 4.78 is -0.574. The molecule has 2 aromatic rings. The topological polar surface area (TPSA) is 118 Å². The second-order valence-corrected chi connectivity index (χ2v) is 7.45. The Bertz CT molecular complexity index is 925. The number of carboxylic acids is 1. The molecule has 29 heavy (non-hydrogen) atoms. The average molecular weight is 399 g/mol. The molecule has 0 aliphatic carbocycles. The molecule has 152 valence electrons. The van der Waals surface area contributed by atoms with Gasteiger partial charge in [0.1, 0.15) is 24.7 Å². The number of nitro groups is 1. The minimum Gasteiger partial charge on any atom is -0.481 e. The van der Waals surface area contributed by atoms with E-state index in [0.717, 1.165) is 17.5 Å². The molecule has 3 unspecified atom stereocenters. The standard InChI is InChI=1S/C21H22N2O6/c1-2-14-3-5-15(6-4-14)16-11-17(20(24)25)13-23(12-16,21(26)27)19-9-7-18(8-10-19)22(28)29/h3-10,16-17H,2,11-13H2,1H3,(H-,24,25,26,27)/p+1. The molecular formula is C21H23N2O6+. The zero-order valence-corrected chi connectivity index (χ0v) is 16.0. The number of hydrogen-bond donors (Lipinski definition) is 2. The number of amides is 1. The summed E-state index contributed by atoms with van der Waals surface area (Å²) >= 11 is 0. The number of nitro benzene ring substituents is 1. The Morgan fingerprint density at radius 1 is 1.07 bits per heavy atom. The highest BCUT2D eigenvalue weighted by Gasteiger charge is 2.50. The van der Waals surface area contributed by atoms with E-state index in [9.17, 15) is 29.9 Å². The van der Waals surface area contributed by atoms with E-state index in [2.05, 4.69) is 0 Å². The number of aryl methyl sites for hydroxylation is 1. The molecule has 2 aromatic carbocycles. The van der Waals surface area contributed by atoms with Crippen LogP contribution in [0.3, 0.4) is 0 Å². The van der Waals surface area contributed by atoms with E-state index in [1.165, 1.54) is 24.3 Å². The summed E-state index contributed by atoms with van der Waals surface area (Å²) in [6, 6.07) is 13.1. The van der Waals surface area contributed by atoms with E-state index in [0.29, 0.717) is 12.1 Å². The average Bonchev–Trinajstić information content (AvgIpc) is 2.73. The first-order valence-electron chi connectivity index (χ1n) is 9.44. The van der Waals surface area contributed by atoms with E-state index in [4.69, 9.17) is 0 Å². The first-order chi connectivity index (χ1) is 13.8. The van der Waals surface area contributed by atoms with Gasteiger partial charge in [0.15, 0.2) is 0 Å². The molecule has 1 fully saturated rings. The summed E-state index contributed by atoms with van der Waals surface area (Å²) in [5.74, 6) is -2.14.